The first-order chi connectivity index (χ1) is 9.29. The Labute approximate surface area is 126 Å². The van der Waals surface area contributed by atoms with Gasteiger partial charge in [0.2, 0.25) is 0 Å². The van der Waals surface area contributed by atoms with Crippen molar-refractivity contribution in [2.45, 2.75) is 52.6 Å². The Morgan fingerprint density at radius 2 is 1.65 bits per heavy atom. The van der Waals surface area contributed by atoms with Crippen LogP contribution in [0.5, 0.6) is 0 Å². The highest BCUT2D eigenvalue weighted by atomic mass is 32.1. The maximum Gasteiger partial charge on any atom is 0.0922 e. The van der Waals surface area contributed by atoms with E-state index in [0.29, 0.717) is 6.42 Å². The highest BCUT2D eigenvalue weighted by Gasteiger charge is 2.19. The van der Waals surface area contributed by atoms with Crippen LogP contribution < -0.4 is 0 Å². The third-order valence-corrected chi connectivity index (χ3v) is 5.35. The number of hydrogen-bond donors (Lipinski definition) is 1. The molecule has 1 unspecified atom stereocenters. The van der Waals surface area contributed by atoms with Gasteiger partial charge in [0.1, 0.15) is 0 Å². The molecule has 1 nitrogen and oxygen atoms in total. The fourth-order valence-electron chi connectivity index (χ4n) is 2.40. The largest absolute Gasteiger partial charge is 0.387 e. The predicted molar refractivity (Wildman–Crippen MR) is 87.6 cm³/mol. The van der Waals surface area contributed by atoms with E-state index in [1.54, 1.807) is 11.3 Å². The molecule has 1 aromatic heterocycles. The zero-order valence-corrected chi connectivity index (χ0v) is 13.8. The van der Waals surface area contributed by atoms with E-state index in [1.807, 2.05) is 0 Å². The number of thiophene rings is 1. The third kappa shape index (κ3) is 3.31. The Hall–Kier alpha value is -1.12. The van der Waals surface area contributed by atoms with Crippen LogP contribution in [0.2, 0.25) is 0 Å². The predicted octanol–water partition coefficient (Wildman–Crippen LogP) is 4.94. The van der Waals surface area contributed by atoms with Crippen molar-refractivity contribution in [3.05, 3.63) is 56.8 Å². The molecule has 0 aliphatic heterocycles. The van der Waals surface area contributed by atoms with Gasteiger partial charge in [-0.1, -0.05) is 39.0 Å². The maximum absolute atomic E-state index is 10.5. The average Bonchev–Trinajstić information content (AvgIpc) is 2.83. The maximum atomic E-state index is 10.5. The first-order valence-corrected chi connectivity index (χ1v) is 7.94. The van der Waals surface area contributed by atoms with Gasteiger partial charge in [0.25, 0.3) is 0 Å². The number of aliphatic hydroxyl groups is 1. The molecule has 2 heteroatoms. The van der Waals surface area contributed by atoms with Crippen LogP contribution >= 0.6 is 11.3 Å². The van der Waals surface area contributed by atoms with Gasteiger partial charge in [0.05, 0.1) is 6.10 Å². The third-order valence-electron chi connectivity index (χ3n) is 3.74. The molecule has 0 spiro atoms. The molecule has 0 amide bonds. The minimum Gasteiger partial charge on any atom is -0.387 e. The molecular formula is C18H24OS. The molecule has 0 saturated heterocycles. The molecule has 20 heavy (non-hydrogen) atoms. The number of hydrogen-bond acceptors (Lipinski definition) is 2. The van der Waals surface area contributed by atoms with Crippen molar-refractivity contribution in [3.8, 4) is 0 Å². The van der Waals surface area contributed by atoms with Gasteiger partial charge in [-0.15, -0.1) is 11.3 Å². The highest BCUT2D eigenvalue weighted by Crippen LogP contribution is 2.34. The van der Waals surface area contributed by atoms with Crippen molar-refractivity contribution in [3.63, 3.8) is 0 Å². The van der Waals surface area contributed by atoms with Gasteiger partial charge >= 0.3 is 0 Å². The van der Waals surface area contributed by atoms with Gasteiger partial charge in [-0.2, -0.15) is 0 Å². The number of rotatable bonds is 3. The van der Waals surface area contributed by atoms with E-state index < -0.39 is 6.10 Å². The molecule has 0 aliphatic carbocycles. The second-order valence-electron chi connectivity index (χ2n) is 6.54. The van der Waals surface area contributed by atoms with Crippen molar-refractivity contribution >= 4 is 11.3 Å². The van der Waals surface area contributed by atoms with Crippen LogP contribution in [0.1, 0.15) is 53.3 Å². The second-order valence-corrected chi connectivity index (χ2v) is 7.66. The molecule has 0 bridgehead atoms. The van der Waals surface area contributed by atoms with E-state index in [2.05, 4.69) is 65.0 Å². The standard InChI is InChI=1S/C18H24OS/c1-12-7-6-8-13(2)14(12)11-15(19)16-9-10-17(20-16)18(3,4)5/h6-10,15,19H,11H2,1-5H3. The summed E-state index contributed by atoms with van der Waals surface area (Å²) in [5.41, 5.74) is 3.94. The summed E-state index contributed by atoms with van der Waals surface area (Å²) in [6, 6.07) is 10.5. The van der Waals surface area contributed by atoms with Crippen LogP contribution in [-0.2, 0) is 11.8 Å². The quantitative estimate of drug-likeness (QED) is 0.848. The number of aryl methyl sites for hydroxylation is 2. The van der Waals surface area contributed by atoms with Crippen molar-refractivity contribution in [2.24, 2.45) is 0 Å². The lowest BCUT2D eigenvalue weighted by atomic mass is 9.94. The zero-order chi connectivity index (χ0) is 14.9. The van der Waals surface area contributed by atoms with Crippen LogP contribution in [0.4, 0.5) is 0 Å². The lowest BCUT2D eigenvalue weighted by molar-refractivity contribution is 0.182. The van der Waals surface area contributed by atoms with Gasteiger partial charge < -0.3 is 5.11 Å². The Morgan fingerprint density at radius 3 is 2.15 bits per heavy atom. The SMILES string of the molecule is Cc1cccc(C)c1CC(O)c1ccc(C(C)(C)C)s1. The Morgan fingerprint density at radius 1 is 1.05 bits per heavy atom. The lowest BCUT2D eigenvalue weighted by Gasteiger charge is -2.16. The van der Waals surface area contributed by atoms with E-state index in [4.69, 9.17) is 0 Å². The van der Waals surface area contributed by atoms with Crippen LogP contribution in [-0.4, -0.2) is 5.11 Å². The molecule has 1 N–H and O–H groups in total. The molecule has 108 valence electrons. The van der Waals surface area contributed by atoms with Gasteiger partial charge in [-0.05, 0) is 48.1 Å². The monoisotopic (exact) mass is 288 g/mol. The lowest BCUT2D eigenvalue weighted by Crippen LogP contribution is -2.08. The summed E-state index contributed by atoms with van der Waals surface area (Å²) in [4.78, 5) is 2.39. The average molecular weight is 288 g/mol. The van der Waals surface area contributed by atoms with E-state index >= 15 is 0 Å². The molecule has 2 rings (SSSR count). The zero-order valence-electron chi connectivity index (χ0n) is 13.0. The van der Waals surface area contributed by atoms with Gasteiger partial charge in [-0.25, -0.2) is 0 Å². The smallest absolute Gasteiger partial charge is 0.0922 e. The molecular weight excluding hydrogens is 264 g/mol. The fraction of sp³-hybridized carbons (Fsp3) is 0.444. The van der Waals surface area contributed by atoms with E-state index in [1.165, 1.54) is 21.6 Å². The van der Waals surface area contributed by atoms with Crippen LogP contribution in [0.3, 0.4) is 0 Å². The molecule has 1 atom stereocenters. The van der Waals surface area contributed by atoms with Crippen molar-refractivity contribution < 1.29 is 5.11 Å². The summed E-state index contributed by atoms with van der Waals surface area (Å²) < 4.78 is 0. The Kier molecular flexibility index (Phi) is 4.36. The van der Waals surface area contributed by atoms with Gasteiger partial charge in [0, 0.05) is 16.2 Å². The highest BCUT2D eigenvalue weighted by molar-refractivity contribution is 7.12. The van der Waals surface area contributed by atoms with Gasteiger partial charge in [-0.3, -0.25) is 0 Å². The summed E-state index contributed by atoms with van der Waals surface area (Å²) in [5, 5.41) is 10.5. The summed E-state index contributed by atoms with van der Waals surface area (Å²) in [7, 11) is 0. The van der Waals surface area contributed by atoms with Gasteiger partial charge in [0.15, 0.2) is 0 Å². The van der Waals surface area contributed by atoms with E-state index in [9.17, 15) is 5.11 Å². The molecule has 1 heterocycles. The summed E-state index contributed by atoms with van der Waals surface area (Å²) >= 11 is 1.73. The van der Waals surface area contributed by atoms with E-state index in [0.717, 1.165) is 4.88 Å². The first kappa shape index (κ1) is 15.3. The fourth-order valence-corrected chi connectivity index (χ4v) is 3.45. The molecule has 2 aromatic rings. The number of benzene rings is 1. The minimum absolute atomic E-state index is 0.154. The molecule has 0 radical (unpaired) electrons. The van der Waals surface area contributed by atoms with Crippen LogP contribution in [0.15, 0.2) is 30.3 Å². The Bertz CT molecular complexity index is 569. The Balaban J connectivity index is 2.20. The topological polar surface area (TPSA) is 20.2 Å². The minimum atomic E-state index is -0.407. The molecule has 1 aromatic carbocycles. The molecule has 0 fully saturated rings. The van der Waals surface area contributed by atoms with Crippen molar-refractivity contribution in [1.29, 1.82) is 0 Å². The van der Waals surface area contributed by atoms with Crippen LogP contribution in [0.25, 0.3) is 0 Å². The normalized spacial score (nSPS) is 13.5. The van der Waals surface area contributed by atoms with Crippen molar-refractivity contribution in [1.82, 2.24) is 0 Å². The molecule has 0 saturated carbocycles. The summed E-state index contributed by atoms with van der Waals surface area (Å²) in [5.74, 6) is 0. The summed E-state index contributed by atoms with van der Waals surface area (Å²) in [6.07, 6.45) is 0.290. The van der Waals surface area contributed by atoms with Crippen LogP contribution in [0, 0.1) is 13.8 Å². The molecule has 0 aliphatic rings. The van der Waals surface area contributed by atoms with E-state index in [-0.39, 0.29) is 5.41 Å². The van der Waals surface area contributed by atoms with Crippen molar-refractivity contribution in [2.75, 3.05) is 0 Å². The first-order valence-electron chi connectivity index (χ1n) is 7.12. The second kappa shape index (κ2) is 5.71. The summed E-state index contributed by atoms with van der Waals surface area (Å²) in [6.45, 7) is 10.9. The number of aliphatic hydroxyl groups excluding tert-OH is 1.